The number of benzene rings is 2. The van der Waals surface area contributed by atoms with Crippen LogP contribution in [0.2, 0.25) is 0 Å². The third-order valence-electron chi connectivity index (χ3n) is 3.10. The molecule has 0 spiro atoms. The lowest BCUT2D eigenvalue weighted by Gasteiger charge is -2.14. The van der Waals surface area contributed by atoms with Gasteiger partial charge in [-0.15, -0.1) is 0 Å². The van der Waals surface area contributed by atoms with Gasteiger partial charge in [-0.25, -0.2) is 17.9 Å². The van der Waals surface area contributed by atoms with Crippen molar-refractivity contribution < 1.29 is 28.2 Å². The molecule has 0 saturated carbocycles. The van der Waals surface area contributed by atoms with Gasteiger partial charge in [0.2, 0.25) is 10.0 Å². The number of hydrogen-bond acceptors (Lipinski definition) is 5. The van der Waals surface area contributed by atoms with Crippen LogP contribution in [-0.2, 0) is 10.0 Å². The van der Waals surface area contributed by atoms with Crippen molar-refractivity contribution in [1.82, 2.24) is 4.72 Å². The minimum absolute atomic E-state index is 0.104. The number of carbonyl (C=O) groups is 1. The largest absolute Gasteiger partial charge is 0.491 e. The van der Waals surface area contributed by atoms with Gasteiger partial charge in [0.15, 0.2) is 0 Å². The van der Waals surface area contributed by atoms with E-state index in [0.29, 0.717) is 5.75 Å². The van der Waals surface area contributed by atoms with Gasteiger partial charge in [0.25, 0.3) is 0 Å². The standard InChI is InChI=1S/C16H17NO6S/c18-12(11-23-13-6-2-1-3-7-13)10-17-24(21,22)15-9-5-4-8-14(15)16(19)20/h1-9,12,17-18H,10-11H2,(H,19,20). The summed E-state index contributed by atoms with van der Waals surface area (Å²) in [7, 11) is -4.06. The summed E-state index contributed by atoms with van der Waals surface area (Å²) in [6.45, 7) is -0.407. The number of carboxylic acid groups (broad SMARTS) is 1. The van der Waals surface area contributed by atoms with E-state index in [1.807, 2.05) is 6.07 Å². The van der Waals surface area contributed by atoms with Crippen molar-refractivity contribution in [2.24, 2.45) is 0 Å². The first kappa shape index (κ1) is 17.9. The number of hydrogen-bond donors (Lipinski definition) is 3. The number of sulfonamides is 1. The molecule has 0 fully saturated rings. The Hall–Kier alpha value is -2.42. The Bertz CT molecular complexity index is 791. The lowest BCUT2D eigenvalue weighted by molar-refractivity contribution is 0.0692. The lowest BCUT2D eigenvalue weighted by Crippen LogP contribution is -2.35. The molecule has 2 aromatic rings. The molecule has 0 aliphatic rings. The van der Waals surface area contributed by atoms with Crippen molar-refractivity contribution in [3.63, 3.8) is 0 Å². The topological polar surface area (TPSA) is 113 Å². The fraction of sp³-hybridized carbons (Fsp3) is 0.188. The summed E-state index contributed by atoms with van der Waals surface area (Å²) in [5.74, 6) is -0.792. The molecule has 0 aliphatic heterocycles. The van der Waals surface area contributed by atoms with E-state index in [2.05, 4.69) is 4.72 Å². The highest BCUT2D eigenvalue weighted by Crippen LogP contribution is 2.15. The SMILES string of the molecule is O=C(O)c1ccccc1S(=O)(=O)NCC(O)COc1ccccc1. The Labute approximate surface area is 139 Å². The maximum absolute atomic E-state index is 12.2. The van der Waals surface area contributed by atoms with Crippen LogP contribution in [0, 0.1) is 0 Å². The molecule has 3 N–H and O–H groups in total. The molecule has 0 aromatic heterocycles. The minimum Gasteiger partial charge on any atom is -0.491 e. The number of aliphatic hydroxyl groups is 1. The van der Waals surface area contributed by atoms with Crippen molar-refractivity contribution in [2.45, 2.75) is 11.0 Å². The number of para-hydroxylation sites is 1. The maximum Gasteiger partial charge on any atom is 0.337 e. The van der Waals surface area contributed by atoms with E-state index in [9.17, 15) is 18.3 Å². The van der Waals surface area contributed by atoms with E-state index < -0.39 is 22.1 Å². The van der Waals surface area contributed by atoms with Gasteiger partial charge in [-0.05, 0) is 24.3 Å². The van der Waals surface area contributed by atoms with Crippen LogP contribution in [0.15, 0.2) is 59.5 Å². The first-order valence-electron chi connectivity index (χ1n) is 7.08. The smallest absolute Gasteiger partial charge is 0.337 e. The molecule has 0 bridgehead atoms. The van der Waals surface area contributed by atoms with Crippen LogP contribution < -0.4 is 9.46 Å². The van der Waals surface area contributed by atoms with Crippen LogP contribution in [0.25, 0.3) is 0 Å². The molecule has 2 rings (SSSR count). The maximum atomic E-state index is 12.2. The molecule has 0 amide bonds. The van der Waals surface area contributed by atoms with Gasteiger partial charge in [0.1, 0.15) is 18.5 Å². The molecule has 0 saturated heterocycles. The molecule has 1 unspecified atom stereocenters. The predicted octanol–water partition coefficient (Wildman–Crippen LogP) is 1.10. The second-order valence-corrected chi connectivity index (χ2v) is 6.67. The molecule has 1 atom stereocenters. The monoisotopic (exact) mass is 351 g/mol. The van der Waals surface area contributed by atoms with Gasteiger partial charge in [0.05, 0.1) is 10.5 Å². The van der Waals surface area contributed by atoms with E-state index in [1.54, 1.807) is 24.3 Å². The summed E-state index contributed by atoms with van der Waals surface area (Å²) >= 11 is 0. The molecule has 8 heteroatoms. The van der Waals surface area contributed by atoms with Crippen LogP contribution in [0.5, 0.6) is 5.75 Å². The van der Waals surface area contributed by atoms with E-state index in [4.69, 9.17) is 9.84 Å². The summed E-state index contributed by atoms with van der Waals surface area (Å²) in [4.78, 5) is 10.8. The average molecular weight is 351 g/mol. The number of carboxylic acids is 1. The van der Waals surface area contributed by atoms with Gasteiger partial charge in [-0.2, -0.15) is 0 Å². The van der Waals surface area contributed by atoms with Crippen molar-refractivity contribution in [1.29, 1.82) is 0 Å². The van der Waals surface area contributed by atoms with Crippen LogP contribution in [0.1, 0.15) is 10.4 Å². The number of ether oxygens (including phenoxy) is 1. The van der Waals surface area contributed by atoms with Gasteiger partial charge >= 0.3 is 5.97 Å². The second kappa shape index (κ2) is 7.91. The van der Waals surface area contributed by atoms with E-state index in [-0.39, 0.29) is 23.6 Å². The summed E-state index contributed by atoms with van der Waals surface area (Å²) in [5.41, 5.74) is -0.333. The Morgan fingerprint density at radius 1 is 1.08 bits per heavy atom. The summed E-state index contributed by atoms with van der Waals surface area (Å²) in [6, 6.07) is 14.0. The zero-order valence-electron chi connectivity index (χ0n) is 12.6. The summed E-state index contributed by atoms with van der Waals surface area (Å²) in [5, 5.41) is 18.9. The molecule has 0 radical (unpaired) electrons. The molecule has 7 nitrogen and oxygen atoms in total. The number of aliphatic hydroxyl groups excluding tert-OH is 1. The van der Waals surface area contributed by atoms with Crippen LogP contribution in [0.3, 0.4) is 0 Å². The molecule has 0 heterocycles. The van der Waals surface area contributed by atoms with Crippen LogP contribution in [-0.4, -0.2) is 43.9 Å². The normalized spacial score (nSPS) is 12.5. The first-order valence-corrected chi connectivity index (χ1v) is 8.56. The highest BCUT2D eigenvalue weighted by molar-refractivity contribution is 7.89. The minimum atomic E-state index is -4.06. The average Bonchev–Trinajstić information content (AvgIpc) is 2.59. The van der Waals surface area contributed by atoms with E-state index in [0.717, 1.165) is 0 Å². The van der Waals surface area contributed by atoms with Crippen LogP contribution in [0.4, 0.5) is 0 Å². The fourth-order valence-corrected chi connectivity index (χ4v) is 3.20. The third-order valence-corrected chi connectivity index (χ3v) is 4.58. The quantitative estimate of drug-likeness (QED) is 0.656. The Morgan fingerprint density at radius 3 is 2.38 bits per heavy atom. The van der Waals surface area contributed by atoms with E-state index >= 15 is 0 Å². The van der Waals surface area contributed by atoms with Gasteiger partial charge in [-0.1, -0.05) is 30.3 Å². The molecular weight excluding hydrogens is 334 g/mol. The zero-order chi connectivity index (χ0) is 17.6. The Kier molecular flexibility index (Phi) is 5.91. The van der Waals surface area contributed by atoms with Crippen molar-refractivity contribution >= 4 is 16.0 Å². The highest BCUT2D eigenvalue weighted by Gasteiger charge is 2.22. The van der Waals surface area contributed by atoms with Crippen molar-refractivity contribution in [3.8, 4) is 5.75 Å². The fourth-order valence-electron chi connectivity index (χ4n) is 1.93. The molecule has 128 valence electrons. The first-order chi connectivity index (χ1) is 11.4. The Balaban J connectivity index is 1.96. The summed E-state index contributed by atoms with van der Waals surface area (Å²) in [6.07, 6.45) is -1.09. The molecule has 0 aliphatic carbocycles. The molecule has 24 heavy (non-hydrogen) atoms. The van der Waals surface area contributed by atoms with Gasteiger partial charge in [0, 0.05) is 6.54 Å². The third kappa shape index (κ3) is 4.79. The number of nitrogens with one attached hydrogen (secondary N) is 1. The molecule has 2 aromatic carbocycles. The summed E-state index contributed by atoms with van der Waals surface area (Å²) < 4.78 is 31.9. The van der Waals surface area contributed by atoms with Crippen molar-refractivity contribution in [3.05, 3.63) is 60.2 Å². The number of aromatic carboxylic acids is 1. The van der Waals surface area contributed by atoms with Gasteiger partial charge in [-0.3, -0.25) is 0 Å². The Morgan fingerprint density at radius 2 is 1.71 bits per heavy atom. The zero-order valence-corrected chi connectivity index (χ0v) is 13.4. The number of rotatable bonds is 8. The second-order valence-electron chi connectivity index (χ2n) is 4.93. The molecular formula is C16H17NO6S. The van der Waals surface area contributed by atoms with Crippen LogP contribution >= 0.6 is 0 Å². The van der Waals surface area contributed by atoms with Gasteiger partial charge < -0.3 is 14.9 Å². The predicted molar refractivity (Wildman–Crippen MR) is 86.5 cm³/mol. The van der Waals surface area contributed by atoms with Crippen molar-refractivity contribution in [2.75, 3.05) is 13.2 Å². The highest BCUT2D eigenvalue weighted by atomic mass is 32.2. The van der Waals surface area contributed by atoms with E-state index in [1.165, 1.54) is 24.3 Å². The lowest BCUT2D eigenvalue weighted by atomic mass is 10.2.